The van der Waals surface area contributed by atoms with E-state index in [2.05, 4.69) is 20.2 Å². The van der Waals surface area contributed by atoms with Gasteiger partial charge in [0.1, 0.15) is 23.2 Å². The Morgan fingerprint density at radius 1 is 1.17 bits per heavy atom. The number of aromatic nitrogens is 6. The minimum Gasteiger partial charge on any atom is -0.352 e. The van der Waals surface area contributed by atoms with Crippen molar-refractivity contribution in [1.29, 1.82) is 5.26 Å². The first-order valence-electron chi connectivity index (χ1n) is 11.5. The van der Waals surface area contributed by atoms with Crippen LogP contribution in [-0.2, 0) is 7.05 Å². The molecule has 36 heavy (non-hydrogen) atoms. The largest absolute Gasteiger partial charge is 0.352 e. The van der Waals surface area contributed by atoms with Crippen molar-refractivity contribution in [3.63, 3.8) is 0 Å². The van der Waals surface area contributed by atoms with Crippen LogP contribution in [-0.4, -0.2) is 48.5 Å². The van der Waals surface area contributed by atoms with Crippen LogP contribution in [0.2, 0.25) is 0 Å². The van der Waals surface area contributed by atoms with E-state index in [9.17, 15) is 4.39 Å². The molecule has 9 nitrogen and oxygen atoms in total. The molecule has 0 aliphatic carbocycles. The summed E-state index contributed by atoms with van der Waals surface area (Å²) in [5.74, 6) is -0.554. The molecule has 0 saturated carbocycles. The van der Waals surface area contributed by atoms with E-state index in [4.69, 9.17) is 16.0 Å². The van der Waals surface area contributed by atoms with E-state index >= 15 is 4.39 Å². The highest BCUT2D eigenvalue weighted by Gasteiger charge is 2.26. The Hall–Kier alpha value is -4.43. The molecule has 1 aliphatic heterocycles. The summed E-state index contributed by atoms with van der Waals surface area (Å²) in [6.07, 6.45) is 5.19. The van der Waals surface area contributed by atoms with Crippen molar-refractivity contribution in [2.24, 2.45) is 12.8 Å². The second-order valence-electron chi connectivity index (χ2n) is 8.94. The highest BCUT2D eigenvalue weighted by atomic mass is 19.1. The Labute approximate surface area is 204 Å². The number of hydrogen-bond acceptors (Lipinski definition) is 7. The third kappa shape index (κ3) is 3.46. The molecule has 11 heteroatoms. The zero-order valence-corrected chi connectivity index (χ0v) is 19.4. The fourth-order valence-electron chi connectivity index (χ4n) is 4.84. The number of nitrogens with two attached hydrogens (primary N) is 1. The quantitative estimate of drug-likeness (QED) is 0.416. The van der Waals surface area contributed by atoms with Gasteiger partial charge in [-0.05, 0) is 31.0 Å². The number of piperidine rings is 1. The maximum atomic E-state index is 15.6. The Morgan fingerprint density at radius 3 is 2.81 bits per heavy atom. The van der Waals surface area contributed by atoms with Gasteiger partial charge in [-0.15, -0.1) is 5.10 Å². The molecule has 180 valence electrons. The Bertz CT molecular complexity index is 1680. The van der Waals surface area contributed by atoms with Gasteiger partial charge in [0.2, 0.25) is 0 Å². The van der Waals surface area contributed by atoms with Crippen molar-refractivity contribution in [3.05, 3.63) is 59.9 Å². The molecule has 2 aromatic carbocycles. The summed E-state index contributed by atoms with van der Waals surface area (Å²) in [6.45, 7) is 1.39. The molecule has 1 saturated heterocycles. The van der Waals surface area contributed by atoms with Gasteiger partial charge in [0.25, 0.3) is 0 Å². The fourth-order valence-corrected chi connectivity index (χ4v) is 4.84. The first-order chi connectivity index (χ1) is 17.4. The van der Waals surface area contributed by atoms with Crippen LogP contribution in [0.4, 0.5) is 14.6 Å². The molecule has 0 bridgehead atoms. The van der Waals surface area contributed by atoms with E-state index in [0.717, 1.165) is 19.4 Å². The first kappa shape index (κ1) is 22.1. The summed E-state index contributed by atoms with van der Waals surface area (Å²) >= 11 is 0. The van der Waals surface area contributed by atoms with Gasteiger partial charge in [0.15, 0.2) is 11.5 Å². The predicted octanol–water partition coefficient (Wildman–Crippen LogP) is 3.42. The molecule has 2 N–H and O–H groups in total. The van der Waals surface area contributed by atoms with Crippen molar-refractivity contribution in [1.82, 2.24) is 29.4 Å². The van der Waals surface area contributed by atoms with Gasteiger partial charge in [-0.3, -0.25) is 4.40 Å². The maximum absolute atomic E-state index is 15.6. The lowest BCUT2D eigenvalue weighted by Crippen LogP contribution is -2.43. The monoisotopic (exact) mass is 485 g/mol. The Kier molecular flexibility index (Phi) is 5.12. The van der Waals surface area contributed by atoms with Gasteiger partial charge < -0.3 is 10.6 Å². The van der Waals surface area contributed by atoms with E-state index < -0.39 is 11.6 Å². The fraction of sp³-hybridized carbons (Fsp3) is 0.240. The number of aryl methyl sites for hydroxylation is 1. The smallest absolute Gasteiger partial charge is 0.181 e. The molecule has 1 fully saturated rings. The lowest BCUT2D eigenvalue weighted by atomic mass is 10.0. The van der Waals surface area contributed by atoms with E-state index in [1.807, 2.05) is 6.07 Å². The van der Waals surface area contributed by atoms with Crippen LogP contribution in [0.1, 0.15) is 18.4 Å². The van der Waals surface area contributed by atoms with Gasteiger partial charge in [-0.25, -0.2) is 23.4 Å². The number of fused-ring (bicyclic) bond motifs is 2. The number of benzene rings is 2. The van der Waals surface area contributed by atoms with E-state index in [0.29, 0.717) is 46.0 Å². The van der Waals surface area contributed by atoms with Crippen molar-refractivity contribution < 1.29 is 8.78 Å². The highest BCUT2D eigenvalue weighted by Crippen LogP contribution is 2.38. The Morgan fingerprint density at radius 2 is 2.03 bits per heavy atom. The van der Waals surface area contributed by atoms with Crippen LogP contribution in [0.15, 0.2) is 42.7 Å². The van der Waals surface area contributed by atoms with Gasteiger partial charge >= 0.3 is 0 Å². The van der Waals surface area contributed by atoms with Crippen molar-refractivity contribution in [2.45, 2.75) is 18.9 Å². The summed E-state index contributed by atoms with van der Waals surface area (Å²) in [5.41, 5.74) is 9.11. The average molecular weight is 486 g/mol. The molecule has 0 amide bonds. The summed E-state index contributed by atoms with van der Waals surface area (Å²) in [6, 6.07) is 9.07. The number of rotatable bonds is 3. The van der Waals surface area contributed by atoms with Crippen molar-refractivity contribution in [2.75, 3.05) is 18.0 Å². The lowest BCUT2D eigenvalue weighted by molar-refractivity contribution is 0.503. The first-order valence-corrected chi connectivity index (χ1v) is 11.5. The van der Waals surface area contributed by atoms with Gasteiger partial charge in [0, 0.05) is 55.8 Å². The Balaban J connectivity index is 1.64. The van der Waals surface area contributed by atoms with Crippen LogP contribution in [0.25, 0.3) is 39.2 Å². The molecule has 4 heterocycles. The summed E-state index contributed by atoms with van der Waals surface area (Å²) in [4.78, 5) is 11.5. The number of nitriles is 1. The van der Waals surface area contributed by atoms with Crippen LogP contribution < -0.4 is 10.6 Å². The van der Waals surface area contributed by atoms with Crippen LogP contribution >= 0.6 is 0 Å². The van der Waals surface area contributed by atoms with Crippen LogP contribution in [0, 0.1) is 23.0 Å². The number of halogens is 2. The standard InChI is InChI=1S/C25H21F2N9/c1-34-21-11-19(27)17(10-20(21)32-33-34)23-22(14-4-5-15(12-28)18(26)9-14)31-25-24(30-6-8-36(23)25)35-7-2-3-16(29)13-35/h4-6,8-11,16H,2-3,7,13,29H2,1H3/t16-/m1/s1. The van der Waals surface area contributed by atoms with Crippen LogP contribution in [0.3, 0.4) is 0 Å². The lowest BCUT2D eigenvalue weighted by Gasteiger charge is -2.31. The van der Waals surface area contributed by atoms with E-state index in [1.165, 1.54) is 22.9 Å². The van der Waals surface area contributed by atoms with E-state index in [1.54, 1.807) is 36.0 Å². The summed E-state index contributed by atoms with van der Waals surface area (Å²) < 4.78 is 33.5. The van der Waals surface area contributed by atoms with Crippen molar-refractivity contribution >= 4 is 22.5 Å². The second kappa shape index (κ2) is 8.35. The maximum Gasteiger partial charge on any atom is 0.181 e. The normalized spacial score (nSPS) is 16.1. The molecule has 3 aromatic heterocycles. The minimum atomic E-state index is -0.678. The second-order valence-corrected chi connectivity index (χ2v) is 8.94. The highest BCUT2D eigenvalue weighted by molar-refractivity contribution is 5.89. The molecule has 6 rings (SSSR count). The summed E-state index contributed by atoms with van der Waals surface area (Å²) in [7, 11) is 1.69. The molecular formula is C25H21F2N9. The van der Waals surface area contributed by atoms with Gasteiger partial charge in [-0.2, -0.15) is 5.26 Å². The molecule has 1 aliphatic rings. The molecular weight excluding hydrogens is 464 g/mol. The third-order valence-electron chi connectivity index (χ3n) is 6.60. The SMILES string of the molecule is Cn1nnc2cc(-c3c(-c4ccc(C#N)c(F)c4)nc4c(N5CCC[C@@H](N)C5)nccn34)c(F)cc21. The van der Waals surface area contributed by atoms with Crippen molar-refractivity contribution in [3.8, 4) is 28.6 Å². The zero-order chi connectivity index (χ0) is 25.0. The summed E-state index contributed by atoms with van der Waals surface area (Å²) in [5, 5.41) is 17.3. The number of nitrogens with zero attached hydrogens (tertiary/aromatic N) is 8. The van der Waals surface area contributed by atoms with Gasteiger partial charge in [0.05, 0.1) is 22.5 Å². The minimum absolute atomic E-state index is 0.0128. The number of imidazole rings is 1. The van der Waals surface area contributed by atoms with Crippen LogP contribution in [0.5, 0.6) is 0 Å². The molecule has 0 unspecified atom stereocenters. The van der Waals surface area contributed by atoms with E-state index in [-0.39, 0.29) is 17.2 Å². The van der Waals surface area contributed by atoms with Gasteiger partial charge in [-0.1, -0.05) is 11.3 Å². The third-order valence-corrected chi connectivity index (χ3v) is 6.60. The number of hydrogen-bond donors (Lipinski definition) is 1. The average Bonchev–Trinajstić information content (AvgIpc) is 3.43. The molecule has 0 spiro atoms. The molecule has 0 radical (unpaired) electrons. The number of anilines is 1. The topological polar surface area (TPSA) is 114 Å². The molecule has 1 atom stereocenters. The zero-order valence-electron chi connectivity index (χ0n) is 19.4. The molecule has 5 aromatic rings. The predicted molar refractivity (Wildman–Crippen MR) is 130 cm³/mol.